The lowest BCUT2D eigenvalue weighted by molar-refractivity contribution is -0.140. The fourth-order valence-corrected chi connectivity index (χ4v) is 4.36. The van der Waals surface area contributed by atoms with Crippen LogP contribution >= 0.6 is 0 Å². The predicted molar refractivity (Wildman–Crippen MR) is 96.2 cm³/mol. The SMILES string of the molecule is CC(C)(C)C(=O)N1CCN(S(=O)(=O)CCCc2ccccc2)CC1. The number of carbonyl (C=O) groups is 1. The van der Waals surface area contributed by atoms with Gasteiger partial charge in [-0.15, -0.1) is 0 Å². The van der Waals surface area contributed by atoms with E-state index in [4.69, 9.17) is 0 Å². The van der Waals surface area contributed by atoms with E-state index < -0.39 is 15.4 Å². The molecule has 0 aromatic heterocycles. The summed E-state index contributed by atoms with van der Waals surface area (Å²) in [6.07, 6.45) is 1.38. The molecule has 0 aliphatic carbocycles. The Bertz CT molecular complexity index is 643. The Morgan fingerprint density at radius 3 is 2.17 bits per heavy atom. The molecule has 1 aliphatic rings. The summed E-state index contributed by atoms with van der Waals surface area (Å²) in [4.78, 5) is 14.0. The maximum Gasteiger partial charge on any atom is 0.228 e. The molecule has 0 bridgehead atoms. The molecule has 0 saturated carbocycles. The summed E-state index contributed by atoms with van der Waals surface area (Å²) in [6, 6.07) is 9.93. The van der Waals surface area contributed by atoms with Gasteiger partial charge in [0.1, 0.15) is 0 Å². The highest BCUT2D eigenvalue weighted by Gasteiger charge is 2.32. The van der Waals surface area contributed by atoms with E-state index in [1.54, 1.807) is 4.90 Å². The van der Waals surface area contributed by atoms with Gasteiger partial charge in [0.05, 0.1) is 5.75 Å². The molecule has 0 N–H and O–H groups in total. The molecule has 2 rings (SSSR count). The molecule has 0 atom stereocenters. The summed E-state index contributed by atoms with van der Waals surface area (Å²) >= 11 is 0. The second-order valence-corrected chi connectivity index (χ2v) is 9.43. The highest BCUT2D eigenvalue weighted by molar-refractivity contribution is 7.89. The first-order chi connectivity index (χ1) is 11.2. The molecule has 1 aromatic rings. The molecule has 6 heteroatoms. The highest BCUT2D eigenvalue weighted by Crippen LogP contribution is 2.19. The molecule has 5 nitrogen and oxygen atoms in total. The van der Waals surface area contributed by atoms with Crippen molar-refractivity contribution < 1.29 is 13.2 Å². The Labute approximate surface area is 145 Å². The third-order valence-electron chi connectivity index (χ3n) is 4.27. The van der Waals surface area contributed by atoms with Gasteiger partial charge in [-0.25, -0.2) is 8.42 Å². The zero-order valence-corrected chi connectivity index (χ0v) is 15.7. The first kappa shape index (κ1) is 18.9. The van der Waals surface area contributed by atoms with E-state index >= 15 is 0 Å². The number of aryl methyl sites for hydroxylation is 1. The van der Waals surface area contributed by atoms with E-state index in [1.165, 1.54) is 4.31 Å². The lowest BCUT2D eigenvalue weighted by Gasteiger charge is -2.37. The van der Waals surface area contributed by atoms with E-state index in [1.807, 2.05) is 51.1 Å². The van der Waals surface area contributed by atoms with Crippen LogP contribution in [0.1, 0.15) is 32.8 Å². The van der Waals surface area contributed by atoms with E-state index in [0.29, 0.717) is 32.6 Å². The minimum absolute atomic E-state index is 0.0867. The average Bonchev–Trinajstić information content (AvgIpc) is 2.54. The topological polar surface area (TPSA) is 57.7 Å². The Balaban J connectivity index is 1.83. The smallest absolute Gasteiger partial charge is 0.228 e. The standard InChI is InChI=1S/C18H28N2O3S/c1-18(2,3)17(21)19-11-13-20(14-12-19)24(22,23)15-7-10-16-8-5-4-6-9-16/h4-6,8-9H,7,10-15H2,1-3H3. The van der Waals surface area contributed by atoms with Gasteiger partial charge in [0.25, 0.3) is 0 Å². The van der Waals surface area contributed by atoms with Crippen molar-refractivity contribution in [2.24, 2.45) is 5.41 Å². The Morgan fingerprint density at radius 1 is 1.04 bits per heavy atom. The molecular formula is C18H28N2O3S. The normalized spacial score (nSPS) is 17.0. The van der Waals surface area contributed by atoms with Gasteiger partial charge in [-0.1, -0.05) is 51.1 Å². The van der Waals surface area contributed by atoms with Crippen LogP contribution in [-0.2, 0) is 21.2 Å². The van der Waals surface area contributed by atoms with Gasteiger partial charge in [0.15, 0.2) is 0 Å². The highest BCUT2D eigenvalue weighted by atomic mass is 32.2. The minimum atomic E-state index is -3.24. The molecule has 0 spiro atoms. The van der Waals surface area contributed by atoms with Gasteiger partial charge in [0.2, 0.25) is 15.9 Å². The summed E-state index contributed by atoms with van der Waals surface area (Å²) in [5, 5.41) is 0. The quantitative estimate of drug-likeness (QED) is 0.816. The molecule has 24 heavy (non-hydrogen) atoms. The van der Waals surface area contributed by atoms with Gasteiger partial charge in [0, 0.05) is 31.6 Å². The van der Waals surface area contributed by atoms with Crippen molar-refractivity contribution >= 4 is 15.9 Å². The number of hydrogen-bond donors (Lipinski definition) is 0. The molecule has 1 saturated heterocycles. The van der Waals surface area contributed by atoms with Crippen molar-refractivity contribution in [2.45, 2.75) is 33.6 Å². The molecular weight excluding hydrogens is 324 g/mol. The van der Waals surface area contributed by atoms with Crippen LogP contribution in [0.15, 0.2) is 30.3 Å². The van der Waals surface area contributed by atoms with Crippen LogP contribution in [-0.4, -0.2) is 55.5 Å². The van der Waals surface area contributed by atoms with Crippen molar-refractivity contribution in [2.75, 3.05) is 31.9 Å². The number of piperazine rings is 1. The van der Waals surface area contributed by atoms with Gasteiger partial charge < -0.3 is 4.90 Å². The van der Waals surface area contributed by atoms with E-state index in [9.17, 15) is 13.2 Å². The Kier molecular flexibility index (Phi) is 6.04. The second-order valence-electron chi connectivity index (χ2n) is 7.35. The lowest BCUT2D eigenvalue weighted by Crippen LogP contribution is -2.53. The Hall–Kier alpha value is -1.40. The van der Waals surface area contributed by atoms with Crippen LogP contribution in [0.5, 0.6) is 0 Å². The van der Waals surface area contributed by atoms with Crippen LogP contribution in [0.3, 0.4) is 0 Å². The third-order valence-corrected chi connectivity index (χ3v) is 6.23. The number of nitrogens with zero attached hydrogens (tertiary/aromatic N) is 2. The molecule has 1 amide bonds. The predicted octanol–water partition coefficient (Wildman–Crippen LogP) is 2.14. The molecule has 1 heterocycles. The van der Waals surface area contributed by atoms with Crippen molar-refractivity contribution in [3.8, 4) is 0 Å². The molecule has 0 radical (unpaired) electrons. The fourth-order valence-electron chi connectivity index (χ4n) is 2.88. The second kappa shape index (κ2) is 7.66. The molecule has 1 aromatic carbocycles. The van der Waals surface area contributed by atoms with Crippen LogP contribution in [0.25, 0.3) is 0 Å². The third kappa shape index (κ3) is 5.05. The van der Waals surface area contributed by atoms with Crippen LogP contribution < -0.4 is 0 Å². The molecule has 0 unspecified atom stereocenters. The summed E-state index contributed by atoms with van der Waals surface area (Å²) in [5.41, 5.74) is 0.741. The van der Waals surface area contributed by atoms with Gasteiger partial charge in [-0.2, -0.15) is 4.31 Å². The number of sulfonamides is 1. The summed E-state index contributed by atoms with van der Waals surface area (Å²) in [7, 11) is -3.24. The summed E-state index contributed by atoms with van der Waals surface area (Å²) in [5.74, 6) is 0.249. The largest absolute Gasteiger partial charge is 0.340 e. The monoisotopic (exact) mass is 352 g/mol. The van der Waals surface area contributed by atoms with Crippen molar-refractivity contribution in [3.63, 3.8) is 0 Å². The maximum absolute atomic E-state index is 12.5. The zero-order chi connectivity index (χ0) is 17.8. The average molecular weight is 353 g/mol. The van der Waals surface area contributed by atoms with Gasteiger partial charge in [-0.05, 0) is 18.4 Å². The minimum Gasteiger partial charge on any atom is -0.340 e. The molecule has 1 fully saturated rings. The van der Waals surface area contributed by atoms with Crippen molar-refractivity contribution in [3.05, 3.63) is 35.9 Å². The van der Waals surface area contributed by atoms with E-state index in [2.05, 4.69) is 0 Å². The Morgan fingerprint density at radius 2 is 1.62 bits per heavy atom. The summed E-state index contributed by atoms with van der Waals surface area (Å²) in [6.45, 7) is 7.43. The number of rotatable bonds is 5. The van der Waals surface area contributed by atoms with Crippen molar-refractivity contribution in [1.82, 2.24) is 9.21 Å². The number of carbonyl (C=O) groups excluding carboxylic acids is 1. The van der Waals surface area contributed by atoms with Gasteiger partial charge in [-0.3, -0.25) is 4.79 Å². The van der Waals surface area contributed by atoms with Crippen LogP contribution in [0, 0.1) is 5.41 Å². The zero-order valence-electron chi connectivity index (χ0n) is 14.9. The van der Waals surface area contributed by atoms with Gasteiger partial charge >= 0.3 is 0 Å². The molecule has 134 valence electrons. The van der Waals surface area contributed by atoms with Crippen LogP contribution in [0.2, 0.25) is 0 Å². The summed E-state index contributed by atoms with van der Waals surface area (Å²) < 4.78 is 26.5. The van der Waals surface area contributed by atoms with Crippen LogP contribution in [0.4, 0.5) is 0 Å². The maximum atomic E-state index is 12.5. The first-order valence-corrected chi connectivity index (χ1v) is 10.1. The number of benzene rings is 1. The lowest BCUT2D eigenvalue weighted by atomic mass is 9.94. The van der Waals surface area contributed by atoms with Crippen molar-refractivity contribution in [1.29, 1.82) is 0 Å². The number of amides is 1. The first-order valence-electron chi connectivity index (χ1n) is 8.51. The van der Waals surface area contributed by atoms with E-state index in [0.717, 1.165) is 12.0 Å². The fraction of sp³-hybridized carbons (Fsp3) is 0.611. The molecule has 1 aliphatic heterocycles. The number of hydrogen-bond acceptors (Lipinski definition) is 3. The van der Waals surface area contributed by atoms with E-state index in [-0.39, 0.29) is 11.7 Å².